The summed E-state index contributed by atoms with van der Waals surface area (Å²) in [5.41, 5.74) is -0.0829. The van der Waals surface area contributed by atoms with Crippen LogP contribution in [0.1, 0.15) is 11.7 Å². The van der Waals surface area contributed by atoms with Crippen LogP contribution >= 0.6 is 0 Å². The smallest absolute Gasteiger partial charge is 0.129 e. The summed E-state index contributed by atoms with van der Waals surface area (Å²) in [5, 5.41) is 20.7. The SMILES string of the molecule is OCCNCC(O)c1cc(F)ccc1F. The van der Waals surface area contributed by atoms with Gasteiger partial charge in [-0.3, -0.25) is 0 Å². The van der Waals surface area contributed by atoms with Crippen LogP contribution < -0.4 is 5.32 Å². The van der Waals surface area contributed by atoms with E-state index in [1.165, 1.54) is 0 Å². The number of hydrogen-bond donors (Lipinski definition) is 3. The molecule has 0 amide bonds. The molecule has 0 aliphatic rings. The van der Waals surface area contributed by atoms with E-state index in [4.69, 9.17) is 5.11 Å². The summed E-state index contributed by atoms with van der Waals surface area (Å²) >= 11 is 0. The number of rotatable bonds is 5. The van der Waals surface area contributed by atoms with Gasteiger partial charge in [0.25, 0.3) is 0 Å². The fourth-order valence-corrected chi connectivity index (χ4v) is 1.20. The number of hydrogen-bond acceptors (Lipinski definition) is 3. The van der Waals surface area contributed by atoms with E-state index in [-0.39, 0.29) is 18.7 Å². The molecule has 1 aromatic rings. The molecule has 1 aromatic carbocycles. The minimum absolute atomic E-state index is 0.0704. The van der Waals surface area contributed by atoms with Crippen molar-refractivity contribution < 1.29 is 19.0 Å². The molecule has 3 N–H and O–H groups in total. The number of aliphatic hydroxyl groups excluding tert-OH is 2. The van der Waals surface area contributed by atoms with Gasteiger partial charge in [0.2, 0.25) is 0 Å². The number of benzene rings is 1. The molecule has 0 bridgehead atoms. The third-order valence-corrected chi connectivity index (χ3v) is 1.94. The zero-order chi connectivity index (χ0) is 11.3. The zero-order valence-electron chi connectivity index (χ0n) is 8.08. The Morgan fingerprint density at radius 1 is 1.33 bits per heavy atom. The monoisotopic (exact) mass is 217 g/mol. The van der Waals surface area contributed by atoms with Crippen LogP contribution in [0.4, 0.5) is 8.78 Å². The molecule has 0 heterocycles. The largest absolute Gasteiger partial charge is 0.395 e. The highest BCUT2D eigenvalue weighted by atomic mass is 19.1. The average Bonchev–Trinajstić information content (AvgIpc) is 2.22. The van der Waals surface area contributed by atoms with Gasteiger partial charge < -0.3 is 15.5 Å². The summed E-state index contributed by atoms with van der Waals surface area (Å²) in [6.45, 7) is 0.299. The minimum Gasteiger partial charge on any atom is -0.395 e. The summed E-state index contributed by atoms with van der Waals surface area (Å²) < 4.78 is 25.9. The number of nitrogens with one attached hydrogen (secondary N) is 1. The first-order chi connectivity index (χ1) is 7.15. The number of aliphatic hydroxyl groups is 2. The fraction of sp³-hybridized carbons (Fsp3) is 0.400. The second-order valence-corrected chi connectivity index (χ2v) is 3.11. The van der Waals surface area contributed by atoms with Crippen molar-refractivity contribution in [1.82, 2.24) is 5.32 Å². The van der Waals surface area contributed by atoms with Crippen LogP contribution in [0.2, 0.25) is 0 Å². The van der Waals surface area contributed by atoms with Gasteiger partial charge in [-0.15, -0.1) is 0 Å². The van der Waals surface area contributed by atoms with Gasteiger partial charge in [0.1, 0.15) is 11.6 Å². The topological polar surface area (TPSA) is 52.5 Å². The van der Waals surface area contributed by atoms with Gasteiger partial charge in [0.15, 0.2) is 0 Å². The Balaban J connectivity index is 2.64. The lowest BCUT2D eigenvalue weighted by Gasteiger charge is -2.12. The Morgan fingerprint density at radius 3 is 2.73 bits per heavy atom. The normalized spacial score (nSPS) is 12.8. The van der Waals surface area contributed by atoms with Crippen molar-refractivity contribution in [1.29, 1.82) is 0 Å². The van der Waals surface area contributed by atoms with Crippen molar-refractivity contribution >= 4 is 0 Å². The molecule has 5 heteroatoms. The molecule has 0 radical (unpaired) electrons. The summed E-state index contributed by atoms with van der Waals surface area (Å²) in [6.07, 6.45) is -1.12. The van der Waals surface area contributed by atoms with Gasteiger partial charge in [-0.1, -0.05) is 0 Å². The van der Waals surface area contributed by atoms with E-state index >= 15 is 0 Å². The molecule has 84 valence electrons. The van der Waals surface area contributed by atoms with Crippen molar-refractivity contribution in [3.05, 3.63) is 35.4 Å². The lowest BCUT2D eigenvalue weighted by Crippen LogP contribution is -2.24. The van der Waals surface area contributed by atoms with Gasteiger partial charge >= 0.3 is 0 Å². The van der Waals surface area contributed by atoms with Gasteiger partial charge in [-0.2, -0.15) is 0 Å². The molecular weight excluding hydrogens is 204 g/mol. The zero-order valence-corrected chi connectivity index (χ0v) is 8.08. The van der Waals surface area contributed by atoms with Crippen molar-refractivity contribution in [2.45, 2.75) is 6.10 Å². The Hall–Kier alpha value is -1.04. The average molecular weight is 217 g/mol. The third kappa shape index (κ3) is 3.54. The Bertz CT molecular complexity index is 320. The highest BCUT2D eigenvalue weighted by Gasteiger charge is 2.12. The first-order valence-corrected chi connectivity index (χ1v) is 4.59. The second-order valence-electron chi connectivity index (χ2n) is 3.11. The summed E-state index contributed by atoms with van der Waals surface area (Å²) in [6, 6.07) is 2.92. The molecule has 0 aromatic heterocycles. The fourth-order valence-electron chi connectivity index (χ4n) is 1.20. The molecule has 0 fully saturated rings. The van der Waals surface area contributed by atoms with Crippen LogP contribution in [0, 0.1) is 11.6 Å². The quantitative estimate of drug-likeness (QED) is 0.632. The first kappa shape index (κ1) is 12.0. The highest BCUT2D eigenvalue weighted by molar-refractivity contribution is 5.21. The lowest BCUT2D eigenvalue weighted by molar-refractivity contribution is 0.166. The molecule has 0 aliphatic carbocycles. The Labute approximate surface area is 86.4 Å². The van der Waals surface area contributed by atoms with Gasteiger partial charge in [0.05, 0.1) is 12.7 Å². The van der Waals surface area contributed by atoms with E-state index in [0.29, 0.717) is 6.54 Å². The second kappa shape index (κ2) is 5.75. The molecule has 0 saturated carbocycles. The first-order valence-electron chi connectivity index (χ1n) is 4.59. The van der Waals surface area contributed by atoms with E-state index in [0.717, 1.165) is 18.2 Å². The molecule has 0 saturated heterocycles. The van der Waals surface area contributed by atoms with Crippen LogP contribution in [0.25, 0.3) is 0 Å². The lowest BCUT2D eigenvalue weighted by atomic mass is 10.1. The predicted molar refractivity (Wildman–Crippen MR) is 51.3 cm³/mol. The standard InChI is InChI=1S/C10H13F2NO2/c11-7-1-2-9(12)8(5-7)10(15)6-13-3-4-14/h1-2,5,10,13-15H,3-4,6H2. The molecule has 0 spiro atoms. The van der Waals surface area contributed by atoms with E-state index in [1.54, 1.807) is 0 Å². The van der Waals surface area contributed by atoms with Gasteiger partial charge in [-0.05, 0) is 18.2 Å². The minimum atomic E-state index is -1.12. The summed E-state index contributed by atoms with van der Waals surface area (Å²) in [7, 11) is 0. The van der Waals surface area contributed by atoms with Crippen LogP contribution in [-0.4, -0.2) is 29.9 Å². The third-order valence-electron chi connectivity index (χ3n) is 1.94. The summed E-state index contributed by atoms with van der Waals surface area (Å²) in [5.74, 6) is -1.23. The summed E-state index contributed by atoms with van der Waals surface area (Å²) in [4.78, 5) is 0. The van der Waals surface area contributed by atoms with Crippen molar-refractivity contribution in [3.8, 4) is 0 Å². The van der Waals surface area contributed by atoms with Crippen molar-refractivity contribution in [3.63, 3.8) is 0 Å². The molecular formula is C10H13F2NO2. The predicted octanol–water partition coefficient (Wildman–Crippen LogP) is 0.580. The number of halogens is 2. The molecule has 1 atom stereocenters. The van der Waals surface area contributed by atoms with Gasteiger partial charge in [-0.25, -0.2) is 8.78 Å². The molecule has 3 nitrogen and oxygen atoms in total. The van der Waals surface area contributed by atoms with E-state index in [2.05, 4.69) is 5.32 Å². The maximum Gasteiger partial charge on any atom is 0.129 e. The Kier molecular flexibility index (Phi) is 4.61. The maximum absolute atomic E-state index is 13.1. The molecule has 0 aliphatic heterocycles. The molecule has 1 unspecified atom stereocenters. The molecule has 15 heavy (non-hydrogen) atoms. The van der Waals surface area contributed by atoms with E-state index < -0.39 is 17.7 Å². The van der Waals surface area contributed by atoms with Crippen LogP contribution in [0.15, 0.2) is 18.2 Å². The van der Waals surface area contributed by atoms with Gasteiger partial charge in [0, 0.05) is 18.7 Å². The van der Waals surface area contributed by atoms with E-state index in [1.807, 2.05) is 0 Å². The van der Waals surface area contributed by atoms with Crippen LogP contribution in [0.5, 0.6) is 0 Å². The van der Waals surface area contributed by atoms with Crippen molar-refractivity contribution in [2.75, 3.05) is 19.7 Å². The maximum atomic E-state index is 13.1. The Morgan fingerprint density at radius 2 is 2.07 bits per heavy atom. The highest BCUT2D eigenvalue weighted by Crippen LogP contribution is 2.17. The van der Waals surface area contributed by atoms with Crippen molar-refractivity contribution in [2.24, 2.45) is 0 Å². The van der Waals surface area contributed by atoms with E-state index in [9.17, 15) is 13.9 Å². The van der Waals surface area contributed by atoms with Crippen LogP contribution in [-0.2, 0) is 0 Å². The molecule has 1 rings (SSSR count). The van der Waals surface area contributed by atoms with Crippen LogP contribution in [0.3, 0.4) is 0 Å².